The second kappa shape index (κ2) is 9.89. The molecule has 33 heavy (non-hydrogen) atoms. The summed E-state index contributed by atoms with van der Waals surface area (Å²) >= 11 is 3.27. The van der Waals surface area contributed by atoms with Gasteiger partial charge < -0.3 is 5.32 Å². The Morgan fingerprint density at radius 3 is 2.12 bits per heavy atom. The predicted octanol–water partition coefficient (Wildman–Crippen LogP) is 3.79. The van der Waals surface area contributed by atoms with E-state index in [-0.39, 0.29) is 16.3 Å². The molecule has 0 fully saturated rings. The maximum Gasteiger partial charge on any atom is 0.261 e. The molecule has 0 aliphatic heterocycles. The fourth-order valence-corrected chi connectivity index (χ4v) is 4.98. The molecule has 0 spiro atoms. The summed E-state index contributed by atoms with van der Waals surface area (Å²) in [5.41, 5.74) is 0.650. The first-order chi connectivity index (χ1) is 15.4. The molecule has 8 nitrogen and oxygen atoms in total. The Morgan fingerprint density at radius 2 is 1.55 bits per heavy atom. The van der Waals surface area contributed by atoms with Crippen LogP contribution in [0.25, 0.3) is 0 Å². The van der Waals surface area contributed by atoms with Crippen molar-refractivity contribution >= 4 is 58.9 Å². The summed E-state index contributed by atoms with van der Waals surface area (Å²) in [4.78, 5) is 12.4. The highest BCUT2D eigenvalue weighted by Gasteiger charge is 2.21. The first kappa shape index (κ1) is 24.7. The maximum atomic E-state index is 13.5. The highest BCUT2D eigenvalue weighted by molar-refractivity contribution is 9.10. The van der Waals surface area contributed by atoms with Crippen LogP contribution in [0.5, 0.6) is 0 Å². The standard InChI is InChI=1S/C21H19BrFN3O5S2/c1-32(28,29)26(19-4-2-3-16(23)13-19)14-21(27)24-17-9-11-20(12-10-17)33(30,31)25-18-7-5-15(22)6-8-18/h2-13,25H,14H2,1H3,(H,24,27). The molecule has 0 aromatic heterocycles. The molecule has 0 radical (unpaired) electrons. The minimum Gasteiger partial charge on any atom is -0.325 e. The molecule has 0 saturated carbocycles. The Balaban J connectivity index is 1.70. The smallest absolute Gasteiger partial charge is 0.261 e. The van der Waals surface area contributed by atoms with Crippen molar-refractivity contribution in [3.63, 3.8) is 0 Å². The fraction of sp³-hybridized carbons (Fsp3) is 0.0952. The zero-order valence-electron chi connectivity index (χ0n) is 17.2. The van der Waals surface area contributed by atoms with Gasteiger partial charge in [-0.25, -0.2) is 21.2 Å². The van der Waals surface area contributed by atoms with E-state index in [1.807, 2.05) is 0 Å². The van der Waals surface area contributed by atoms with Crippen LogP contribution in [-0.4, -0.2) is 35.5 Å². The molecule has 0 bridgehead atoms. The number of nitrogens with one attached hydrogen (secondary N) is 2. The van der Waals surface area contributed by atoms with Crippen LogP contribution < -0.4 is 14.3 Å². The first-order valence-electron chi connectivity index (χ1n) is 9.36. The van der Waals surface area contributed by atoms with E-state index in [1.54, 1.807) is 24.3 Å². The number of hydrogen-bond donors (Lipinski definition) is 2. The van der Waals surface area contributed by atoms with Crippen molar-refractivity contribution < 1.29 is 26.0 Å². The SMILES string of the molecule is CS(=O)(=O)N(CC(=O)Nc1ccc(S(=O)(=O)Nc2ccc(Br)cc2)cc1)c1cccc(F)c1. The molecule has 0 atom stereocenters. The van der Waals surface area contributed by atoms with Gasteiger partial charge in [0.05, 0.1) is 16.8 Å². The first-order valence-corrected chi connectivity index (χ1v) is 13.5. The van der Waals surface area contributed by atoms with Gasteiger partial charge >= 0.3 is 0 Å². The molecule has 3 aromatic carbocycles. The van der Waals surface area contributed by atoms with Crippen LogP contribution in [0.15, 0.2) is 82.2 Å². The van der Waals surface area contributed by atoms with Gasteiger partial charge in [0.25, 0.3) is 10.0 Å². The third-order valence-corrected chi connectivity index (χ3v) is 7.39. The molecule has 0 heterocycles. The van der Waals surface area contributed by atoms with Crippen molar-refractivity contribution in [2.75, 3.05) is 27.1 Å². The van der Waals surface area contributed by atoms with Crippen LogP contribution >= 0.6 is 15.9 Å². The minimum absolute atomic E-state index is 0.00751. The van der Waals surface area contributed by atoms with E-state index in [9.17, 15) is 26.0 Å². The highest BCUT2D eigenvalue weighted by Crippen LogP contribution is 2.21. The Labute approximate surface area is 199 Å². The minimum atomic E-state index is -3.87. The third-order valence-electron chi connectivity index (χ3n) is 4.33. The van der Waals surface area contributed by atoms with Crippen LogP contribution in [0.4, 0.5) is 21.5 Å². The second-order valence-electron chi connectivity index (χ2n) is 6.93. The number of hydrogen-bond acceptors (Lipinski definition) is 5. The second-order valence-corrected chi connectivity index (χ2v) is 11.4. The number of carbonyl (C=O) groups is 1. The molecule has 0 unspecified atom stereocenters. The number of anilines is 3. The van der Waals surface area contributed by atoms with Crippen molar-refractivity contribution in [2.45, 2.75) is 4.90 Å². The molecule has 1 amide bonds. The van der Waals surface area contributed by atoms with Crippen LogP contribution in [0.3, 0.4) is 0 Å². The average Bonchev–Trinajstić information content (AvgIpc) is 2.73. The van der Waals surface area contributed by atoms with E-state index in [4.69, 9.17) is 0 Å². The van der Waals surface area contributed by atoms with Crippen molar-refractivity contribution in [3.8, 4) is 0 Å². The molecule has 12 heteroatoms. The molecular formula is C21H19BrFN3O5S2. The summed E-state index contributed by atoms with van der Waals surface area (Å²) < 4.78 is 66.8. The van der Waals surface area contributed by atoms with Gasteiger partial charge in [0.1, 0.15) is 12.4 Å². The Hall–Kier alpha value is -2.96. The van der Waals surface area contributed by atoms with Gasteiger partial charge in [-0.3, -0.25) is 13.8 Å². The lowest BCUT2D eigenvalue weighted by Gasteiger charge is -2.22. The lowest BCUT2D eigenvalue weighted by Crippen LogP contribution is -2.37. The van der Waals surface area contributed by atoms with E-state index < -0.39 is 38.3 Å². The van der Waals surface area contributed by atoms with E-state index in [0.717, 1.165) is 27.2 Å². The Bertz CT molecular complexity index is 1360. The Morgan fingerprint density at radius 1 is 0.939 bits per heavy atom. The number of benzene rings is 3. The maximum absolute atomic E-state index is 13.5. The van der Waals surface area contributed by atoms with Gasteiger partial charge in [0.15, 0.2) is 0 Å². The van der Waals surface area contributed by atoms with Gasteiger partial charge in [0.2, 0.25) is 15.9 Å². The van der Waals surface area contributed by atoms with Crippen LogP contribution in [0.2, 0.25) is 0 Å². The number of sulfonamides is 2. The van der Waals surface area contributed by atoms with Gasteiger partial charge in [-0.2, -0.15) is 0 Å². The number of rotatable bonds is 8. The normalized spacial score (nSPS) is 11.6. The number of halogens is 2. The molecule has 3 rings (SSSR count). The van der Waals surface area contributed by atoms with Crippen molar-refractivity contribution in [3.05, 3.63) is 83.1 Å². The number of carbonyl (C=O) groups excluding carboxylic acids is 1. The summed E-state index contributed by atoms with van der Waals surface area (Å²) in [7, 11) is -7.72. The quantitative estimate of drug-likeness (QED) is 0.439. The average molecular weight is 556 g/mol. The number of amides is 1. The largest absolute Gasteiger partial charge is 0.325 e. The lowest BCUT2D eigenvalue weighted by molar-refractivity contribution is -0.114. The van der Waals surface area contributed by atoms with Crippen molar-refractivity contribution in [1.29, 1.82) is 0 Å². The van der Waals surface area contributed by atoms with E-state index in [1.165, 1.54) is 36.4 Å². The molecule has 2 N–H and O–H groups in total. The molecule has 0 aliphatic carbocycles. The molecule has 0 aliphatic rings. The van der Waals surface area contributed by atoms with Gasteiger partial charge in [-0.1, -0.05) is 22.0 Å². The predicted molar refractivity (Wildman–Crippen MR) is 129 cm³/mol. The fourth-order valence-electron chi connectivity index (χ4n) is 2.81. The van der Waals surface area contributed by atoms with E-state index >= 15 is 0 Å². The summed E-state index contributed by atoms with van der Waals surface area (Å²) in [6, 6.07) is 16.8. The molecule has 3 aromatic rings. The molecular weight excluding hydrogens is 537 g/mol. The monoisotopic (exact) mass is 555 g/mol. The lowest BCUT2D eigenvalue weighted by atomic mass is 10.3. The summed E-state index contributed by atoms with van der Waals surface area (Å²) in [5.74, 6) is -1.33. The van der Waals surface area contributed by atoms with Crippen molar-refractivity contribution in [2.24, 2.45) is 0 Å². The van der Waals surface area contributed by atoms with E-state index in [0.29, 0.717) is 5.69 Å². The van der Waals surface area contributed by atoms with Crippen LogP contribution in [0, 0.1) is 5.82 Å². The number of nitrogens with zero attached hydrogens (tertiary/aromatic N) is 1. The van der Waals surface area contributed by atoms with Gasteiger partial charge in [-0.05, 0) is 66.7 Å². The third kappa shape index (κ3) is 6.76. The topological polar surface area (TPSA) is 113 Å². The van der Waals surface area contributed by atoms with Crippen molar-refractivity contribution in [1.82, 2.24) is 0 Å². The molecule has 0 saturated heterocycles. The highest BCUT2D eigenvalue weighted by atomic mass is 79.9. The van der Waals surface area contributed by atoms with Crippen LogP contribution in [-0.2, 0) is 24.8 Å². The summed E-state index contributed by atoms with van der Waals surface area (Å²) in [6.45, 7) is -0.590. The molecule has 174 valence electrons. The summed E-state index contributed by atoms with van der Waals surface area (Å²) in [5, 5.41) is 2.50. The zero-order chi connectivity index (χ0) is 24.2. The van der Waals surface area contributed by atoms with Gasteiger partial charge in [0, 0.05) is 15.8 Å². The summed E-state index contributed by atoms with van der Waals surface area (Å²) in [6.07, 6.45) is 0.906. The van der Waals surface area contributed by atoms with Gasteiger partial charge in [-0.15, -0.1) is 0 Å². The Kier molecular flexibility index (Phi) is 7.40. The van der Waals surface area contributed by atoms with E-state index in [2.05, 4.69) is 26.0 Å². The zero-order valence-corrected chi connectivity index (χ0v) is 20.4. The van der Waals surface area contributed by atoms with Crippen LogP contribution in [0.1, 0.15) is 0 Å².